The van der Waals surface area contributed by atoms with Gasteiger partial charge in [-0.05, 0) is 25.7 Å². The van der Waals surface area contributed by atoms with Crippen LogP contribution in [0.5, 0.6) is 0 Å². The summed E-state index contributed by atoms with van der Waals surface area (Å²) in [4.78, 5) is 30.6. The van der Waals surface area contributed by atoms with Gasteiger partial charge in [-0.1, -0.05) is 53.4 Å². The monoisotopic (exact) mass is 424 g/mol. The molecule has 6 heteroatoms. The second kappa shape index (κ2) is 14.7. The van der Waals surface area contributed by atoms with Gasteiger partial charge in [0.25, 0.3) is 0 Å². The normalized spacial score (nSPS) is 13.4. The van der Waals surface area contributed by atoms with Crippen molar-refractivity contribution < 1.29 is 14.3 Å². The standard InChI is InChI=1S/C23H40N2O3S/c1-6-9-11-12-14-25(22(27)13-10-7-2)20(18(4)5)15-21(28-8-3)23-24-19(16-26)17-29-23/h16-18,20-21H,6-15H2,1-5H3. The largest absolute Gasteiger partial charge is 0.371 e. The van der Waals surface area contributed by atoms with Crippen molar-refractivity contribution in [3.8, 4) is 0 Å². The molecule has 1 aromatic rings. The third kappa shape index (κ3) is 8.95. The molecule has 0 spiro atoms. The van der Waals surface area contributed by atoms with E-state index in [-0.39, 0.29) is 18.1 Å². The number of hydrogen-bond donors (Lipinski definition) is 0. The highest BCUT2D eigenvalue weighted by Gasteiger charge is 2.30. The summed E-state index contributed by atoms with van der Waals surface area (Å²) < 4.78 is 6.01. The Morgan fingerprint density at radius 1 is 1.17 bits per heavy atom. The average Bonchev–Trinajstić information content (AvgIpc) is 3.19. The van der Waals surface area contributed by atoms with Gasteiger partial charge in [0.2, 0.25) is 5.91 Å². The van der Waals surface area contributed by atoms with Crippen LogP contribution in [-0.4, -0.2) is 41.3 Å². The van der Waals surface area contributed by atoms with Gasteiger partial charge < -0.3 is 9.64 Å². The molecule has 0 saturated carbocycles. The number of ether oxygens (including phenoxy) is 1. The Morgan fingerprint density at radius 2 is 1.90 bits per heavy atom. The molecular formula is C23H40N2O3S. The van der Waals surface area contributed by atoms with Crippen molar-refractivity contribution in [1.82, 2.24) is 9.88 Å². The zero-order valence-corrected chi connectivity index (χ0v) is 19.8. The summed E-state index contributed by atoms with van der Waals surface area (Å²) in [6.45, 7) is 12.0. The number of unbranched alkanes of at least 4 members (excludes halogenated alkanes) is 4. The fraction of sp³-hybridized carbons (Fsp3) is 0.783. The summed E-state index contributed by atoms with van der Waals surface area (Å²) in [5.41, 5.74) is 0.450. The number of thiazole rings is 1. The molecule has 0 saturated heterocycles. The molecule has 2 unspecified atom stereocenters. The van der Waals surface area contributed by atoms with Crippen LogP contribution in [0.25, 0.3) is 0 Å². The summed E-state index contributed by atoms with van der Waals surface area (Å²) in [6, 6.07) is 0.0983. The zero-order valence-electron chi connectivity index (χ0n) is 19.0. The number of carbonyl (C=O) groups is 2. The maximum Gasteiger partial charge on any atom is 0.222 e. The van der Waals surface area contributed by atoms with Gasteiger partial charge in [-0.25, -0.2) is 4.98 Å². The van der Waals surface area contributed by atoms with E-state index in [0.29, 0.717) is 31.1 Å². The first-order chi connectivity index (χ1) is 14.0. The van der Waals surface area contributed by atoms with E-state index in [1.807, 2.05) is 6.92 Å². The van der Waals surface area contributed by atoms with Crippen molar-refractivity contribution >= 4 is 23.5 Å². The molecule has 1 rings (SSSR count). The number of amides is 1. The fourth-order valence-electron chi connectivity index (χ4n) is 3.58. The summed E-state index contributed by atoms with van der Waals surface area (Å²) in [5, 5.41) is 2.60. The van der Waals surface area contributed by atoms with E-state index < -0.39 is 0 Å². The first kappa shape index (κ1) is 25.8. The Kier molecular flexibility index (Phi) is 13.0. The first-order valence-corrected chi connectivity index (χ1v) is 12.2. The van der Waals surface area contributed by atoms with Crippen molar-refractivity contribution in [2.24, 2.45) is 5.92 Å². The second-order valence-corrected chi connectivity index (χ2v) is 8.86. The molecule has 0 aliphatic rings. The molecule has 2 atom stereocenters. The van der Waals surface area contributed by atoms with Crippen LogP contribution < -0.4 is 0 Å². The van der Waals surface area contributed by atoms with Gasteiger partial charge in [-0.3, -0.25) is 9.59 Å². The highest BCUT2D eigenvalue weighted by Crippen LogP contribution is 2.30. The third-order valence-electron chi connectivity index (χ3n) is 5.25. The predicted molar refractivity (Wildman–Crippen MR) is 120 cm³/mol. The Bertz CT molecular complexity index is 588. The lowest BCUT2D eigenvalue weighted by Gasteiger charge is -2.36. The molecule has 1 aromatic heterocycles. The maximum atomic E-state index is 13.1. The maximum absolute atomic E-state index is 13.1. The quantitative estimate of drug-likeness (QED) is 0.239. The summed E-state index contributed by atoms with van der Waals surface area (Å²) >= 11 is 1.46. The third-order valence-corrected chi connectivity index (χ3v) is 6.20. The van der Waals surface area contributed by atoms with Gasteiger partial charge in [0.05, 0.1) is 0 Å². The van der Waals surface area contributed by atoms with Crippen LogP contribution >= 0.6 is 11.3 Å². The number of rotatable bonds is 16. The van der Waals surface area contributed by atoms with E-state index in [9.17, 15) is 9.59 Å². The van der Waals surface area contributed by atoms with Crippen LogP contribution in [0, 0.1) is 5.92 Å². The smallest absolute Gasteiger partial charge is 0.222 e. The molecular weight excluding hydrogens is 384 g/mol. The number of aldehydes is 1. The number of nitrogens with zero attached hydrogens (tertiary/aromatic N) is 2. The molecule has 5 nitrogen and oxygen atoms in total. The molecule has 0 aromatic carbocycles. The molecule has 0 aliphatic carbocycles. The molecule has 0 bridgehead atoms. The number of aromatic nitrogens is 1. The Labute approximate surface area is 181 Å². The van der Waals surface area contributed by atoms with Crippen LogP contribution in [0.1, 0.15) is 108 Å². The Balaban J connectivity index is 3.01. The van der Waals surface area contributed by atoms with Gasteiger partial charge >= 0.3 is 0 Å². The van der Waals surface area contributed by atoms with E-state index in [1.54, 1.807) is 5.38 Å². The molecule has 0 radical (unpaired) electrons. The van der Waals surface area contributed by atoms with E-state index in [0.717, 1.165) is 43.5 Å². The first-order valence-electron chi connectivity index (χ1n) is 11.3. The van der Waals surface area contributed by atoms with Crippen molar-refractivity contribution in [1.29, 1.82) is 0 Å². The highest BCUT2D eigenvalue weighted by molar-refractivity contribution is 7.09. The van der Waals surface area contributed by atoms with Gasteiger partial charge in [0, 0.05) is 37.4 Å². The van der Waals surface area contributed by atoms with Crippen molar-refractivity contribution in [2.75, 3.05) is 13.2 Å². The van der Waals surface area contributed by atoms with Gasteiger partial charge in [0.1, 0.15) is 16.8 Å². The molecule has 0 fully saturated rings. The van der Waals surface area contributed by atoms with Crippen molar-refractivity contribution in [3.05, 3.63) is 16.1 Å². The molecule has 0 aliphatic heterocycles. The van der Waals surface area contributed by atoms with Crippen LogP contribution in [0.3, 0.4) is 0 Å². The average molecular weight is 425 g/mol. The minimum atomic E-state index is -0.191. The minimum Gasteiger partial charge on any atom is -0.371 e. The van der Waals surface area contributed by atoms with E-state index in [1.165, 1.54) is 24.2 Å². The molecule has 0 N–H and O–H groups in total. The van der Waals surface area contributed by atoms with E-state index in [4.69, 9.17) is 4.74 Å². The highest BCUT2D eigenvalue weighted by atomic mass is 32.1. The predicted octanol–water partition coefficient (Wildman–Crippen LogP) is 6.05. The molecule has 1 heterocycles. The fourth-order valence-corrected chi connectivity index (χ4v) is 4.40. The van der Waals surface area contributed by atoms with Gasteiger partial charge in [-0.15, -0.1) is 11.3 Å². The SMILES string of the molecule is CCCCCCN(C(=O)CCCC)C(CC(OCC)c1nc(C=O)cs1)C(C)C. The zero-order chi connectivity index (χ0) is 21.6. The second-order valence-electron chi connectivity index (χ2n) is 7.97. The summed E-state index contributed by atoms with van der Waals surface area (Å²) in [6.07, 6.45) is 8.45. The minimum absolute atomic E-state index is 0.0983. The Hall–Kier alpha value is -1.27. The lowest BCUT2D eigenvalue weighted by atomic mass is 9.95. The van der Waals surface area contributed by atoms with E-state index >= 15 is 0 Å². The van der Waals surface area contributed by atoms with Crippen molar-refractivity contribution in [3.63, 3.8) is 0 Å². The van der Waals surface area contributed by atoms with Crippen molar-refractivity contribution in [2.45, 2.75) is 98.1 Å². The number of hydrogen-bond acceptors (Lipinski definition) is 5. The van der Waals surface area contributed by atoms with Crippen LogP contribution in [0.2, 0.25) is 0 Å². The molecule has 29 heavy (non-hydrogen) atoms. The van der Waals surface area contributed by atoms with Gasteiger partial charge in [0.15, 0.2) is 6.29 Å². The van der Waals surface area contributed by atoms with Gasteiger partial charge in [-0.2, -0.15) is 0 Å². The Morgan fingerprint density at radius 3 is 2.45 bits per heavy atom. The topological polar surface area (TPSA) is 59.5 Å². The summed E-state index contributed by atoms with van der Waals surface area (Å²) in [5.74, 6) is 0.574. The molecule has 166 valence electrons. The summed E-state index contributed by atoms with van der Waals surface area (Å²) in [7, 11) is 0. The number of carbonyl (C=O) groups excluding carboxylic acids is 2. The van der Waals surface area contributed by atoms with Crippen LogP contribution in [0.15, 0.2) is 5.38 Å². The lowest BCUT2D eigenvalue weighted by Crippen LogP contribution is -2.45. The molecule has 1 amide bonds. The van der Waals surface area contributed by atoms with Crippen LogP contribution in [-0.2, 0) is 9.53 Å². The van der Waals surface area contributed by atoms with E-state index in [2.05, 4.69) is 37.6 Å². The lowest BCUT2D eigenvalue weighted by molar-refractivity contribution is -0.135. The van der Waals surface area contributed by atoms with Crippen LogP contribution in [0.4, 0.5) is 0 Å².